The Bertz CT molecular complexity index is 5410. The van der Waals surface area contributed by atoms with Crippen LogP contribution >= 0.6 is 23.4 Å². The van der Waals surface area contributed by atoms with Crippen molar-refractivity contribution in [2.45, 2.75) is 27.2 Å². The number of pyridine rings is 3. The first kappa shape index (κ1) is 74.3. The van der Waals surface area contributed by atoms with E-state index in [1.165, 1.54) is 37.3 Å². The van der Waals surface area contributed by atoms with Crippen molar-refractivity contribution in [2.75, 3.05) is 45.1 Å². The number of para-hydroxylation sites is 8. The van der Waals surface area contributed by atoms with E-state index in [9.17, 15) is 0 Å². The van der Waals surface area contributed by atoms with Crippen molar-refractivity contribution in [2.24, 2.45) is 10.9 Å². The Morgan fingerprint density at radius 3 is 1.56 bits per heavy atom. The molecule has 0 bridgehead atoms. The monoisotopic (exact) mass is 1610 g/mol. The summed E-state index contributed by atoms with van der Waals surface area (Å²) >= 11 is 12.5. The van der Waals surface area contributed by atoms with Crippen LogP contribution < -0.4 is 47.9 Å². The Morgan fingerprint density at radius 2 is 0.962 bits per heavy atom. The summed E-state index contributed by atoms with van der Waals surface area (Å²) in [5.74, 6) is 6.78. The van der Waals surface area contributed by atoms with Gasteiger partial charge in [0.2, 0.25) is 6.33 Å². The van der Waals surface area contributed by atoms with Gasteiger partial charge in [0.05, 0.1) is 27.2 Å². The van der Waals surface area contributed by atoms with E-state index in [0.717, 1.165) is 94.7 Å². The van der Waals surface area contributed by atoms with Crippen LogP contribution in [0, 0.1) is 12.7 Å². The molecule has 4 N–H and O–H groups in total. The molecule has 19 heteroatoms. The third kappa shape index (κ3) is 17.1. The number of halogens is 3. The van der Waals surface area contributed by atoms with Crippen LogP contribution in [0.2, 0.25) is 5.15 Å². The van der Waals surface area contributed by atoms with Crippen LogP contribution in [0.25, 0.3) is 87.5 Å². The van der Waals surface area contributed by atoms with E-state index in [1.54, 1.807) is 0 Å². The van der Waals surface area contributed by atoms with Crippen molar-refractivity contribution in [3.63, 3.8) is 0 Å². The fourth-order valence-electron chi connectivity index (χ4n) is 12.0. The number of fused-ring (bicyclic) bond motifs is 18. The number of nitrogens with two attached hydrogens (primary N) is 1. The zero-order valence-corrected chi connectivity index (χ0v) is 61.8. The number of hydrogen-bond acceptors (Lipinski definition) is 13. The molecule has 104 heavy (non-hydrogen) atoms. The first-order valence-electron chi connectivity index (χ1n) is 33.6. The van der Waals surface area contributed by atoms with Gasteiger partial charge in [-0.15, -0.1) is 12.2 Å². The SMILES string of the molecule is CCOC(OCC)OCC.ClN(Nc1nc2ccccc2c2ccccc12)c1ccccc1.Clc1nc2ccccc2c2ccccc12.NNc1ccccc1.[Cl-].[Ir].[c-]1cccc2c1N1[CH-]N(c3ccccc3)N=C1c1ccccc1-2.c1ccc(-n2c[n+]3c4ccccc4c4ccccc4c3n2)cc1. The summed E-state index contributed by atoms with van der Waals surface area (Å²) in [6.45, 7) is 9.12. The van der Waals surface area contributed by atoms with Gasteiger partial charge in [-0.2, -0.15) is 38.3 Å². The predicted molar refractivity (Wildman–Crippen MR) is 420 cm³/mol. The minimum absolute atomic E-state index is 0. The molecule has 0 amide bonds. The van der Waals surface area contributed by atoms with E-state index in [4.69, 9.17) is 58.6 Å². The van der Waals surface area contributed by atoms with Gasteiger partial charge >= 0.3 is 5.65 Å². The number of ether oxygens (including phenoxy) is 3. The van der Waals surface area contributed by atoms with Crippen LogP contribution in [0.5, 0.6) is 0 Å². The van der Waals surface area contributed by atoms with Crippen molar-refractivity contribution in [3.05, 3.63) is 339 Å². The quantitative estimate of drug-likeness (QED) is 0.0156. The summed E-state index contributed by atoms with van der Waals surface area (Å²) in [5.41, 5.74) is 18.2. The fraction of sp³-hybridized carbons (Fsp3) is 0.0824. The average molecular weight is 1610 g/mol. The number of hydrogen-bond donors (Lipinski definition) is 3. The molecule has 0 spiro atoms. The molecule has 0 fully saturated rings. The maximum atomic E-state index is 6.37. The van der Waals surface area contributed by atoms with Gasteiger partial charge in [-0.3, -0.25) is 11.3 Å². The van der Waals surface area contributed by atoms with Crippen molar-refractivity contribution in [3.8, 4) is 16.8 Å². The van der Waals surface area contributed by atoms with Crippen LogP contribution in [-0.4, -0.2) is 51.9 Å². The van der Waals surface area contributed by atoms with Crippen molar-refractivity contribution in [1.29, 1.82) is 0 Å². The largest absolute Gasteiger partial charge is 1.00 e. The smallest absolute Gasteiger partial charge is 0.314 e. The summed E-state index contributed by atoms with van der Waals surface area (Å²) in [6.07, 6.45) is 2.06. The standard InChI is InChI=1S/C20H14N3.C20H13N3.C19H14ClN3.C13H8ClN.C7H16O3.C6H8N2.ClH.Ir/c2*1-2-8-15(9-3-1)23-14-22-19-13-7-6-11-17(19)16-10-4-5-12-18(16)20(22)21-23;20-23(14-8-2-1-3-9-14)22-19-17-12-5-4-10-15(17)16-11-6-7-13-18(16)21-19;14-13-11-7-2-1-5-9(11)10-6-3-4-8-12(10)15-13;1-4-8-7(9-5-2)10-6-3;7-8-6-4-2-1-3-5-6;;/h1-14H;1-12,14H;1-13H,(H,21,22);1-8H;7H,4-6H2,1-3H3;1-5,8H,7H2;1H;/q+1;-2;;;;;;/p-1. The minimum Gasteiger partial charge on any atom is -1.00 e. The number of hydrazone groups is 1. The number of nitrogen functional groups attached to an aromatic ring is 1. The summed E-state index contributed by atoms with van der Waals surface area (Å²) in [6, 6.07) is 107. The Labute approximate surface area is 634 Å². The second kappa shape index (κ2) is 36.3. The molecule has 0 aliphatic carbocycles. The van der Waals surface area contributed by atoms with E-state index in [-0.39, 0.29) is 32.5 Å². The van der Waals surface area contributed by atoms with Crippen LogP contribution in [0.1, 0.15) is 26.3 Å². The number of amidine groups is 1. The Hall–Kier alpha value is -10.9. The molecule has 0 unspecified atom stereocenters. The zero-order valence-electron chi connectivity index (χ0n) is 57.1. The number of rotatable bonds is 12. The maximum Gasteiger partial charge on any atom is 0.314 e. The van der Waals surface area contributed by atoms with Crippen molar-refractivity contribution in [1.82, 2.24) is 19.7 Å². The van der Waals surface area contributed by atoms with Crippen LogP contribution in [0.3, 0.4) is 0 Å². The average Bonchev–Trinajstić information content (AvgIpc) is 1.50. The topological polar surface area (TPSA) is 148 Å². The van der Waals surface area contributed by atoms with Crippen LogP contribution in [-0.2, 0) is 34.3 Å². The second-order valence-corrected chi connectivity index (χ2v) is 23.8. The van der Waals surface area contributed by atoms with E-state index in [0.29, 0.717) is 25.0 Å². The Balaban J connectivity index is 0.000000129. The van der Waals surface area contributed by atoms with E-state index < -0.39 is 6.48 Å². The molecule has 12 aromatic carbocycles. The number of nitrogens with zero attached hydrogens (tertiary/aromatic N) is 9. The third-order valence-electron chi connectivity index (χ3n) is 16.7. The fourth-order valence-corrected chi connectivity index (χ4v) is 12.5. The first-order chi connectivity index (χ1) is 50.3. The molecule has 2 aliphatic heterocycles. The van der Waals surface area contributed by atoms with Gasteiger partial charge in [0, 0.05) is 95.6 Å². The first-order valence-corrected chi connectivity index (χ1v) is 34.3. The number of aromatic nitrogens is 5. The van der Waals surface area contributed by atoms with Crippen LogP contribution in [0.15, 0.2) is 321 Å². The number of benzene rings is 12. The normalized spacial score (nSPS) is 11.5. The van der Waals surface area contributed by atoms with Gasteiger partial charge in [-0.25, -0.2) is 9.97 Å². The maximum absolute atomic E-state index is 6.37. The van der Waals surface area contributed by atoms with Gasteiger partial charge in [-0.1, -0.05) is 246 Å². The van der Waals surface area contributed by atoms with Gasteiger partial charge in [0.25, 0.3) is 6.48 Å². The molecule has 0 saturated heterocycles. The molecular formula is C85H73Cl3IrN12O3-2. The summed E-state index contributed by atoms with van der Waals surface area (Å²) < 4.78 is 20.8. The number of hydrazine groups is 2. The number of nitrogens with one attached hydrogen (secondary N) is 2. The molecule has 0 atom stereocenters. The molecule has 15 nitrogen and oxygen atoms in total. The second-order valence-electron chi connectivity index (χ2n) is 23.1. The van der Waals surface area contributed by atoms with Gasteiger partial charge in [0.15, 0.2) is 5.82 Å². The molecule has 4 aromatic heterocycles. The minimum atomic E-state index is -0.472. The molecular weight excluding hydrogens is 1540 g/mol. The van der Waals surface area contributed by atoms with Crippen LogP contribution in [0.4, 0.5) is 28.6 Å². The summed E-state index contributed by atoms with van der Waals surface area (Å²) in [7, 11) is 0. The number of anilines is 5. The zero-order chi connectivity index (χ0) is 70.0. The van der Waals surface area contributed by atoms with E-state index >= 15 is 0 Å². The van der Waals surface area contributed by atoms with Gasteiger partial charge in [0.1, 0.15) is 22.2 Å². The molecule has 16 aromatic rings. The summed E-state index contributed by atoms with van der Waals surface area (Å²) in [4.78, 5) is 11.2. The van der Waals surface area contributed by atoms with Crippen molar-refractivity contribution >= 4 is 128 Å². The van der Waals surface area contributed by atoms with Gasteiger partial charge < -0.3 is 42.0 Å². The molecule has 18 rings (SSSR count). The summed E-state index contributed by atoms with van der Waals surface area (Å²) in [5, 5.41) is 22.4. The Morgan fingerprint density at radius 1 is 0.500 bits per heavy atom. The molecule has 523 valence electrons. The molecule has 6 heterocycles. The van der Waals surface area contributed by atoms with Crippen molar-refractivity contribution < 1.29 is 51.1 Å². The third-order valence-corrected chi connectivity index (χ3v) is 17.3. The molecule has 1 radical (unpaired) electrons. The van der Waals surface area contributed by atoms with E-state index in [1.807, 2.05) is 219 Å². The van der Waals surface area contributed by atoms with E-state index in [2.05, 4.69) is 165 Å². The molecule has 0 saturated carbocycles. The predicted octanol–water partition coefficient (Wildman–Crippen LogP) is 17.0. The Kier molecular flexibility index (Phi) is 26.0. The molecule has 2 aliphatic rings. The van der Waals surface area contributed by atoms with Gasteiger partial charge in [-0.05, 0) is 110 Å².